The van der Waals surface area contributed by atoms with Crippen molar-refractivity contribution in [3.05, 3.63) is 16.4 Å². The molecule has 1 amide bonds. The van der Waals surface area contributed by atoms with E-state index in [-0.39, 0.29) is 5.91 Å². The molecule has 1 N–H and O–H groups in total. The zero-order chi connectivity index (χ0) is 14.7. The van der Waals surface area contributed by atoms with Gasteiger partial charge in [-0.2, -0.15) is 5.10 Å². The first-order chi connectivity index (χ1) is 9.49. The molecule has 2 heterocycles. The zero-order valence-corrected chi connectivity index (χ0v) is 12.9. The van der Waals surface area contributed by atoms with Crippen molar-refractivity contribution < 1.29 is 9.53 Å². The molecule has 0 spiro atoms. The van der Waals surface area contributed by atoms with Gasteiger partial charge in [-0.05, 0) is 14.0 Å². The zero-order valence-electron chi connectivity index (χ0n) is 12.1. The molecule has 20 heavy (non-hydrogen) atoms. The van der Waals surface area contributed by atoms with Crippen LogP contribution in [0.15, 0.2) is 0 Å². The Hall–Kier alpha value is -1.11. The molecule has 7 heteroatoms. The maximum absolute atomic E-state index is 12.2. The van der Waals surface area contributed by atoms with E-state index < -0.39 is 0 Å². The molecule has 1 aliphatic heterocycles. The van der Waals surface area contributed by atoms with Gasteiger partial charge in [0.15, 0.2) is 0 Å². The van der Waals surface area contributed by atoms with Crippen LogP contribution in [0.2, 0.25) is 5.02 Å². The first-order valence-corrected chi connectivity index (χ1v) is 7.10. The number of amides is 1. The minimum Gasteiger partial charge on any atom is -0.380 e. The molecule has 0 radical (unpaired) electrons. The molecule has 1 fully saturated rings. The highest BCUT2D eigenvalue weighted by molar-refractivity contribution is 6.34. The molecule has 6 nitrogen and oxygen atoms in total. The van der Waals surface area contributed by atoms with Crippen molar-refractivity contribution >= 4 is 17.5 Å². The van der Waals surface area contributed by atoms with Crippen molar-refractivity contribution in [3.63, 3.8) is 0 Å². The molecule has 1 saturated heterocycles. The maximum atomic E-state index is 12.2. The van der Waals surface area contributed by atoms with Crippen LogP contribution in [0.5, 0.6) is 0 Å². The van der Waals surface area contributed by atoms with Crippen LogP contribution in [0, 0.1) is 12.8 Å². The molecular formula is C13H21ClN4O2. The Bertz CT molecular complexity index is 489. The lowest BCUT2D eigenvalue weighted by Gasteiger charge is -2.19. The fourth-order valence-corrected chi connectivity index (χ4v) is 2.62. The summed E-state index contributed by atoms with van der Waals surface area (Å²) in [5, 5.41) is 7.48. The monoisotopic (exact) mass is 300 g/mol. The Morgan fingerprint density at radius 1 is 1.55 bits per heavy atom. The molecule has 1 atom stereocenters. The molecule has 1 aromatic heterocycles. The van der Waals surface area contributed by atoms with Gasteiger partial charge in [-0.15, -0.1) is 0 Å². The standard InChI is InChI=1S/C13H21ClN4O2/c1-9-11(14)12(18(3)16-9)13(19)15-6-10-7-17(2)4-5-20-8-10/h10H,4-8H2,1-3H3,(H,15,19)/t10-/m0/s1. The Morgan fingerprint density at radius 2 is 2.30 bits per heavy atom. The summed E-state index contributed by atoms with van der Waals surface area (Å²) in [6.07, 6.45) is 0. The summed E-state index contributed by atoms with van der Waals surface area (Å²) in [4.78, 5) is 14.4. The molecular weight excluding hydrogens is 280 g/mol. The van der Waals surface area contributed by atoms with Crippen LogP contribution in [-0.4, -0.2) is 60.5 Å². The van der Waals surface area contributed by atoms with Crippen molar-refractivity contribution in [2.45, 2.75) is 6.92 Å². The number of carbonyl (C=O) groups is 1. The number of nitrogens with one attached hydrogen (secondary N) is 1. The van der Waals surface area contributed by atoms with Crippen LogP contribution in [0.1, 0.15) is 16.2 Å². The fourth-order valence-electron chi connectivity index (χ4n) is 2.38. The molecule has 1 aliphatic rings. The van der Waals surface area contributed by atoms with Gasteiger partial charge in [-0.3, -0.25) is 9.48 Å². The molecule has 0 bridgehead atoms. The van der Waals surface area contributed by atoms with Gasteiger partial charge >= 0.3 is 0 Å². The van der Waals surface area contributed by atoms with Gasteiger partial charge in [-0.1, -0.05) is 11.6 Å². The second-order valence-corrected chi connectivity index (χ2v) is 5.66. The average molecular weight is 301 g/mol. The summed E-state index contributed by atoms with van der Waals surface area (Å²) < 4.78 is 7.05. The third kappa shape index (κ3) is 3.50. The minimum absolute atomic E-state index is 0.190. The molecule has 2 rings (SSSR count). The van der Waals surface area contributed by atoms with Crippen LogP contribution in [-0.2, 0) is 11.8 Å². The molecule has 0 unspecified atom stereocenters. The number of carbonyl (C=O) groups excluding carboxylic acids is 1. The third-order valence-electron chi connectivity index (χ3n) is 3.46. The number of halogens is 1. The highest BCUT2D eigenvalue weighted by Crippen LogP contribution is 2.19. The first-order valence-electron chi connectivity index (χ1n) is 6.72. The third-order valence-corrected chi connectivity index (χ3v) is 3.91. The summed E-state index contributed by atoms with van der Waals surface area (Å²) in [5.74, 6) is 0.101. The van der Waals surface area contributed by atoms with Crippen LogP contribution >= 0.6 is 11.6 Å². The highest BCUT2D eigenvalue weighted by atomic mass is 35.5. The van der Waals surface area contributed by atoms with Gasteiger partial charge in [-0.25, -0.2) is 0 Å². The number of rotatable bonds is 3. The Morgan fingerprint density at radius 3 is 2.95 bits per heavy atom. The van der Waals surface area contributed by atoms with Crippen LogP contribution in [0.3, 0.4) is 0 Å². The maximum Gasteiger partial charge on any atom is 0.271 e. The van der Waals surface area contributed by atoms with Crippen molar-refractivity contribution in [1.82, 2.24) is 20.0 Å². The Labute approximate surface area is 124 Å². The first kappa shape index (κ1) is 15.3. The number of hydrogen-bond donors (Lipinski definition) is 1. The van der Waals surface area contributed by atoms with Crippen LogP contribution in [0.4, 0.5) is 0 Å². The van der Waals surface area contributed by atoms with Gasteiger partial charge in [0.2, 0.25) is 0 Å². The van der Waals surface area contributed by atoms with E-state index in [1.165, 1.54) is 4.68 Å². The molecule has 112 valence electrons. The predicted molar refractivity (Wildman–Crippen MR) is 77.1 cm³/mol. The van der Waals surface area contributed by atoms with Gasteiger partial charge in [0.25, 0.3) is 5.91 Å². The molecule has 1 aromatic rings. The Kier molecular flexibility index (Phi) is 5.01. The van der Waals surface area contributed by atoms with E-state index in [1.807, 2.05) is 0 Å². The number of nitrogens with zero attached hydrogens (tertiary/aromatic N) is 3. The van der Waals surface area contributed by atoms with E-state index in [4.69, 9.17) is 16.3 Å². The number of ether oxygens (including phenoxy) is 1. The topological polar surface area (TPSA) is 59.4 Å². The number of likely N-dealkylation sites (N-methyl/N-ethyl adjacent to an activating group) is 1. The predicted octanol–water partition coefficient (Wildman–Crippen LogP) is 0.690. The lowest BCUT2D eigenvalue weighted by Crippen LogP contribution is -2.36. The van der Waals surface area contributed by atoms with Gasteiger partial charge in [0.05, 0.1) is 23.9 Å². The summed E-state index contributed by atoms with van der Waals surface area (Å²) in [6.45, 7) is 5.61. The molecule has 0 aliphatic carbocycles. The van der Waals surface area contributed by atoms with Gasteiger partial charge in [0, 0.05) is 32.6 Å². The largest absolute Gasteiger partial charge is 0.380 e. The lowest BCUT2D eigenvalue weighted by atomic mass is 10.1. The van der Waals surface area contributed by atoms with Gasteiger partial charge in [0.1, 0.15) is 5.69 Å². The average Bonchev–Trinajstić information content (AvgIpc) is 2.55. The van der Waals surface area contributed by atoms with Crippen LogP contribution in [0.25, 0.3) is 0 Å². The Balaban J connectivity index is 1.94. The van der Waals surface area contributed by atoms with E-state index >= 15 is 0 Å². The number of aromatic nitrogens is 2. The van der Waals surface area contributed by atoms with E-state index in [0.717, 1.165) is 19.7 Å². The van der Waals surface area contributed by atoms with Crippen molar-refractivity contribution in [3.8, 4) is 0 Å². The molecule has 0 aromatic carbocycles. The molecule has 0 saturated carbocycles. The van der Waals surface area contributed by atoms with Crippen molar-refractivity contribution in [1.29, 1.82) is 0 Å². The summed E-state index contributed by atoms with van der Waals surface area (Å²) >= 11 is 6.10. The van der Waals surface area contributed by atoms with Crippen molar-refractivity contribution in [2.75, 3.05) is 39.9 Å². The summed E-state index contributed by atoms with van der Waals surface area (Å²) in [5.41, 5.74) is 1.07. The number of aryl methyl sites for hydroxylation is 2. The van der Waals surface area contributed by atoms with Gasteiger partial charge < -0.3 is 15.0 Å². The minimum atomic E-state index is -0.190. The van der Waals surface area contributed by atoms with E-state index in [0.29, 0.717) is 35.5 Å². The summed E-state index contributed by atoms with van der Waals surface area (Å²) in [7, 11) is 3.78. The smallest absolute Gasteiger partial charge is 0.271 e. The van der Waals surface area contributed by atoms with Crippen molar-refractivity contribution in [2.24, 2.45) is 13.0 Å². The lowest BCUT2D eigenvalue weighted by molar-refractivity contribution is 0.0912. The summed E-state index contributed by atoms with van der Waals surface area (Å²) in [6, 6.07) is 0. The second kappa shape index (κ2) is 6.56. The fraction of sp³-hybridized carbons (Fsp3) is 0.692. The van der Waals surface area contributed by atoms with E-state index in [9.17, 15) is 4.79 Å². The highest BCUT2D eigenvalue weighted by Gasteiger charge is 2.21. The van der Waals surface area contributed by atoms with E-state index in [2.05, 4.69) is 22.4 Å². The normalized spacial score (nSPS) is 20.7. The van der Waals surface area contributed by atoms with E-state index in [1.54, 1.807) is 14.0 Å². The SMILES string of the molecule is Cc1nn(C)c(C(=O)NC[C@@H]2COCCN(C)C2)c1Cl. The van der Waals surface area contributed by atoms with Crippen LogP contribution < -0.4 is 5.32 Å². The second-order valence-electron chi connectivity index (χ2n) is 5.28. The number of hydrogen-bond acceptors (Lipinski definition) is 4. The quantitative estimate of drug-likeness (QED) is 0.892.